The van der Waals surface area contributed by atoms with Gasteiger partial charge in [0.05, 0.1) is 6.04 Å². The first-order valence-corrected chi connectivity index (χ1v) is 7.16. The number of benzene rings is 1. The van der Waals surface area contributed by atoms with Crippen LogP contribution in [0.25, 0.3) is 0 Å². The fourth-order valence-electron chi connectivity index (χ4n) is 2.78. The van der Waals surface area contributed by atoms with E-state index in [1.54, 1.807) is 0 Å². The summed E-state index contributed by atoms with van der Waals surface area (Å²) in [5.74, 6) is 0.533. The highest BCUT2D eigenvalue weighted by molar-refractivity contribution is 5.81. The SMILES string of the molecule is C[C@H](NC(=O)C1CC1)c1ccc2c(c1)CCCC2. The van der Waals surface area contributed by atoms with Crippen LogP contribution in [0.5, 0.6) is 0 Å². The molecule has 0 spiro atoms. The molecule has 1 fully saturated rings. The van der Waals surface area contributed by atoms with Crippen molar-refractivity contribution in [2.45, 2.75) is 51.5 Å². The van der Waals surface area contributed by atoms with E-state index >= 15 is 0 Å². The molecule has 1 amide bonds. The van der Waals surface area contributed by atoms with Crippen LogP contribution in [0.15, 0.2) is 18.2 Å². The van der Waals surface area contributed by atoms with Gasteiger partial charge in [-0.05, 0) is 62.1 Å². The van der Waals surface area contributed by atoms with Crippen molar-refractivity contribution >= 4 is 5.91 Å². The summed E-state index contributed by atoms with van der Waals surface area (Å²) < 4.78 is 0. The molecule has 96 valence electrons. The smallest absolute Gasteiger partial charge is 0.223 e. The summed E-state index contributed by atoms with van der Waals surface area (Å²) in [6, 6.07) is 6.88. The maximum absolute atomic E-state index is 11.8. The molecule has 0 saturated heterocycles. The van der Waals surface area contributed by atoms with Crippen LogP contribution in [0.2, 0.25) is 0 Å². The molecule has 0 heterocycles. The molecule has 1 aromatic rings. The van der Waals surface area contributed by atoms with Crippen molar-refractivity contribution in [2.75, 3.05) is 0 Å². The first-order chi connectivity index (χ1) is 8.74. The molecule has 2 nitrogen and oxygen atoms in total. The average Bonchev–Trinajstić information content (AvgIpc) is 3.22. The van der Waals surface area contributed by atoms with E-state index < -0.39 is 0 Å². The maximum atomic E-state index is 11.8. The largest absolute Gasteiger partial charge is 0.349 e. The predicted molar refractivity (Wildman–Crippen MR) is 72.4 cm³/mol. The van der Waals surface area contributed by atoms with Gasteiger partial charge in [0, 0.05) is 5.92 Å². The third-order valence-corrected chi connectivity index (χ3v) is 4.18. The van der Waals surface area contributed by atoms with Gasteiger partial charge in [-0.3, -0.25) is 4.79 Å². The number of hydrogen-bond acceptors (Lipinski definition) is 1. The average molecular weight is 243 g/mol. The fraction of sp³-hybridized carbons (Fsp3) is 0.562. The summed E-state index contributed by atoms with van der Waals surface area (Å²) in [5.41, 5.74) is 4.25. The molecule has 1 atom stereocenters. The Labute approximate surface area is 109 Å². The molecule has 0 unspecified atom stereocenters. The number of fused-ring (bicyclic) bond motifs is 1. The summed E-state index contributed by atoms with van der Waals surface area (Å²) >= 11 is 0. The van der Waals surface area contributed by atoms with Gasteiger partial charge in [-0.15, -0.1) is 0 Å². The van der Waals surface area contributed by atoms with E-state index in [2.05, 4.69) is 30.4 Å². The zero-order valence-corrected chi connectivity index (χ0v) is 11.0. The van der Waals surface area contributed by atoms with Crippen LogP contribution in [-0.2, 0) is 17.6 Å². The van der Waals surface area contributed by atoms with Crippen molar-refractivity contribution in [1.29, 1.82) is 0 Å². The highest BCUT2D eigenvalue weighted by Crippen LogP contribution is 2.30. The fourth-order valence-corrected chi connectivity index (χ4v) is 2.78. The number of aryl methyl sites for hydroxylation is 2. The van der Waals surface area contributed by atoms with E-state index in [1.165, 1.54) is 42.4 Å². The van der Waals surface area contributed by atoms with E-state index in [0.717, 1.165) is 12.8 Å². The van der Waals surface area contributed by atoms with Gasteiger partial charge in [-0.2, -0.15) is 0 Å². The van der Waals surface area contributed by atoms with Gasteiger partial charge in [0.2, 0.25) is 5.91 Å². The Morgan fingerprint density at radius 1 is 1.22 bits per heavy atom. The molecular weight excluding hydrogens is 222 g/mol. The first-order valence-electron chi connectivity index (χ1n) is 7.16. The predicted octanol–water partition coefficient (Wildman–Crippen LogP) is 3.15. The second-order valence-corrected chi connectivity index (χ2v) is 5.74. The highest BCUT2D eigenvalue weighted by atomic mass is 16.2. The number of carbonyl (C=O) groups is 1. The number of rotatable bonds is 3. The van der Waals surface area contributed by atoms with Crippen LogP contribution in [-0.4, -0.2) is 5.91 Å². The molecule has 2 heteroatoms. The van der Waals surface area contributed by atoms with E-state index in [9.17, 15) is 4.79 Å². The van der Waals surface area contributed by atoms with Gasteiger partial charge in [-0.25, -0.2) is 0 Å². The Morgan fingerprint density at radius 3 is 2.67 bits per heavy atom. The normalized spacial score (nSPS) is 20.1. The third kappa shape index (κ3) is 2.43. The standard InChI is InChI=1S/C16H21NO/c1-11(17-16(18)13-7-8-13)14-9-6-12-4-2-3-5-15(12)10-14/h6,9-11,13H,2-5,7-8H2,1H3,(H,17,18)/t11-/m0/s1. The van der Waals surface area contributed by atoms with Gasteiger partial charge in [0.25, 0.3) is 0 Å². The van der Waals surface area contributed by atoms with Crippen molar-refractivity contribution < 1.29 is 4.79 Å². The number of hydrogen-bond donors (Lipinski definition) is 1. The molecule has 2 aliphatic carbocycles. The Kier molecular flexibility index (Phi) is 3.11. The molecule has 0 aliphatic heterocycles. The summed E-state index contributed by atoms with van der Waals surface area (Å²) in [5, 5.41) is 3.13. The third-order valence-electron chi connectivity index (χ3n) is 4.18. The molecule has 1 N–H and O–H groups in total. The van der Waals surface area contributed by atoms with Crippen molar-refractivity contribution in [3.8, 4) is 0 Å². The van der Waals surface area contributed by atoms with Crippen LogP contribution in [0, 0.1) is 5.92 Å². The molecule has 1 saturated carbocycles. The lowest BCUT2D eigenvalue weighted by Gasteiger charge is -2.20. The van der Waals surface area contributed by atoms with E-state index in [0.29, 0.717) is 5.92 Å². The first kappa shape index (κ1) is 11.8. The molecule has 0 bridgehead atoms. The van der Waals surface area contributed by atoms with Crippen LogP contribution in [0.3, 0.4) is 0 Å². The van der Waals surface area contributed by atoms with Crippen molar-refractivity contribution in [1.82, 2.24) is 5.32 Å². The van der Waals surface area contributed by atoms with Crippen LogP contribution >= 0.6 is 0 Å². The van der Waals surface area contributed by atoms with Crippen molar-refractivity contribution in [2.24, 2.45) is 5.92 Å². The zero-order chi connectivity index (χ0) is 12.5. The Morgan fingerprint density at radius 2 is 1.94 bits per heavy atom. The van der Waals surface area contributed by atoms with E-state index in [1.807, 2.05) is 0 Å². The number of carbonyl (C=O) groups excluding carboxylic acids is 1. The lowest BCUT2D eigenvalue weighted by molar-refractivity contribution is -0.122. The molecule has 2 aliphatic rings. The maximum Gasteiger partial charge on any atom is 0.223 e. The molecule has 3 rings (SSSR count). The minimum atomic E-state index is 0.144. The van der Waals surface area contributed by atoms with Gasteiger partial charge in [-0.1, -0.05) is 18.2 Å². The lowest BCUT2D eigenvalue weighted by Crippen LogP contribution is -2.28. The van der Waals surface area contributed by atoms with Crippen molar-refractivity contribution in [3.05, 3.63) is 34.9 Å². The van der Waals surface area contributed by atoms with Gasteiger partial charge >= 0.3 is 0 Å². The van der Waals surface area contributed by atoms with E-state index in [4.69, 9.17) is 0 Å². The highest BCUT2D eigenvalue weighted by Gasteiger charge is 2.30. The summed E-state index contributed by atoms with van der Waals surface area (Å²) in [6.45, 7) is 2.09. The molecule has 0 radical (unpaired) electrons. The summed E-state index contributed by atoms with van der Waals surface area (Å²) in [4.78, 5) is 11.8. The number of amides is 1. The Bertz CT molecular complexity index is 462. The molecule has 18 heavy (non-hydrogen) atoms. The zero-order valence-electron chi connectivity index (χ0n) is 11.0. The lowest BCUT2D eigenvalue weighted by atomic mass is 9.89. The molecule has 1 aromatic carbocycles. The number of nitrogens with one attached hydrogen (secondary N) is 1. The topological polar surface area (TPSA) is 29.1 Å². The Balaban J connectivity index is 1.72. The van der Waals surface area contributed by atoms with Gasteiger partial charge in [0.1, 0.15) is 0 Å². The van der Waals surface area contributed by atoms with Crippen LogP contribution in [0.1, 0.15) is 55.3 Å². The monoisotopic (exact) mass is 243 g/mol. The van der Waals surface area contributed by atoms with Crippen LogP contribution < -0.4 is 5.32 Å². The Hall–Kier alpha value is -1.31. The molecular formula is C16H21NO. The second-order valence-electron chi connectivity index (χ2n) is 5.74. The second kappa shape index (κ2) is 4.75. The quantitative estimate of drug-likeness (QED) is 0.868. The molecule has 0 aromatic heterocycles. The van der Waals surface area contributed by atoms with Crippen LogP contribution in [0.4, 0.5) is 0 Å². The van der Waals surface area contributed by atoms with Crippen molar-refractivity contribution in [3.63, 3.8) is 0 Å². The summed E-state index contributed by atoms with van der Waals surface area (Å²) in [7, 11) is 0. The summed E-state index contributed by atoms with van der Waals surface area (Å²) in [6.07, 6.45) is 7.19. The minimum absolute atomic E-state index is 0.144. The van der Waals surface area contributed by atoms with Gasteiger partial charge < -0.3 is 5.32 Å². The van der Waals surface area contributed by atoms with Gasteiger partial charge in [0.15, 0.2) is 0 Å². The van der Waals surface area contributed by atoms with E-state index in [-0.39, 0.29) is 11.9 Å². The minimum Gasteiger partial charge on any atom is -0.349 e.